The molecule has 0 unspecified atom stereocenters. The number of nitrogens with zero attached hydrogens (tertiary/aromatic N) is 1. The van der Waals surface area contributed by atoms with Crippen molar-refractivity contribution in [2.24, 2.45) is 0 Å². The van der Waals surface area contributed by atoms with Crippen LogP contribution in [-0.2, 0) is 16.0 Å². The molecule has 23 heavy (non-hydrogen) atoms. The molecule has 0 saturated heterocycles. The highest BCUT2D eigenvalue weighted by atomic mass is 32.1. The molecule has 0 atom stereocenters. The van der Waals surface area contributed by atoms with E-state index in [1.807, 2.05) is 24.3 Å². The highest BCUT2D eigenvalue weighted by molar-refractivity contribution is 7.18. The number of hydrogen-bond donors (Lipinski definition) is 1. The summed E-state index contributed by atoms with van der Waals surface area (Å²) in [4.78, 5) is 15.9. The number of halogens is 3. The fourth-order valence-electron chi connectivity index (χ4n) is 1.94. The molecule has 0 fully saturated rings. The zero-order chi connectivity index (χ0) is 16.7. The summed E-state index contributed by atoms with van der Waals surface area (Å²) in [6, 6.07) is 7.87. The highest BCUT2D eigenvalue weighted by Crippen LogP contribution is 2.22. The van der Waals surface area contributed by atoms with Crippen LogP contribution >= 0.6 is 11.3 Å². The number of carbonyl (C=O) groups excluding carboxylic acids is 1. The minimum absolute atomic E-state index is 0.0722. The van der Waals surface area contributed by atoms with Crippen LogP contribution in [0.25, 0.3) is 10.2 Å². The van der Waals surface area contributed by atoms with Crippen molar-refractivity contribution >= 4 is 27.5 Å². The fraction of sp³-hybridized carbons (Fsp3) is 0.467. The molecule has 0 radical (unpaired) electrons. The van der Waals surface area contributed by atoms with Crippen LogP contribution in [0.4, 0.5) is 13.2 Å². The molecule has 2 aromatic rings. The zero-order valence-electron chi connectivity index (χ0n) is 12.4. The summed E-state index contributed by atoms with van der Waals surface area (Å²) in [5, 5.41) is 3.67. The van der Waals surface area contributed by atoms with E-state index in [0.29, 0.717) is 6.54 Å². The van der Waals surface area contributed by atoms with Crippen LogP contribution in [0.2, 0.25) is 0 Å². The van der Waals surface area contributed by atoms with E-state index in [-0.39, 0.29) is 18.9 Å². The number of amides is 1. The molecule has 126 valence electrons. The predicted molar refractivity (Wildman–Crippen MR) is 82.4 cm³/mol. The van der Waals surface area contributed by atoms with E-state index in [0.717, 1.165) is 28.1 Å². The lowest BCUT2D eigenvalue weighted by Gasteiger charge is -2.07. The van der Waals surface area contributed by atoms with Crippen molar-refractivity contribution in [3.63, 3.8) is 0 Å². The van der Waals surface area contributed by atoms with Gasteiger partial charge in [-0.25, -0.2) is 4.98 Å². The molecule has 1 aromatic heterocycles. The average molecular weight is 346 g/mol. The second-order valence-electron chi connectivity index (χ2n) is 4.95. The van der Waals surface area contributed by atoms with Crippen LogP contribution < -0.4 is 5.32 Å². The van der Waals surface area contributed by atoms with E-state index in [9.17, 15) is 18.0 Å². The molecule has 0 aliphatic rings. The number of nitrogens with one attached hydrogen (secondary N) is 1. The summed E-state index contributed by atoms with van der Waals surface area (Å²) >= 11 is 1.62. The number of rotatable bonds is 8. The van der Waals surface area contributed by atoms with Crippen LogP contribution in [0.1, 0.15) is 17.8 Å². The first-order valence-electron chi connectivity index (χ1n) is 7.20. The molecule has 0 spiro atoms. The van der Waals surface area contributed by atoms with Gasteiger partial charge in [0.1, 0.15) is 6.61 Å². The third-order valence-corrected chi connectivity index (χ3v) is 4.06. The highest BCUT2D eigenvalue weighted by Gasteiger charge is 2.27. The lowest BCUT2D eigenvalue weighted by atomic mass is 10.3. The van der Waals surface area contributed by atoms with E-state index in [4.69, 9.17) is 0 Å². The number of ether oxygens (including phenoxy) is 1. The van der Waals surface area contributed by atoms with Crippen LogP contribution in [0.15, 0.2) is 24.3 Å². The van der Waals surface area contributed by atoms with Crippen molar-refractivity contribution in [2.45, 2.75) is 25.4 Å². The topological polar surface area (TPSA) is 51.2 Å². The molecule has 1 N–H and O–H groups in total. The first kappa shape index (κ1) is 17.7. The molecular formula is C15H17F3N2O2S. The van der Waals surface area contributed by atoms with Gasteiger partial charge < -0.3 is 10.1 Å². The Bertz CT molecular complexity index is 610. The molecule has 1 heterocycles. The van der Waals surface area contributed by atoms with Gasteiger partial charge in [0.15, 0.2) is 0 Å². The van der Waals surface area contributed by atoms with Crippen LogP contribution in [-0.4, -0.2) is 36.8 Å². The number of alkyl halides is 3. The van der Waals surface area contributed by atoms with E-state index in [2.05, 4.69) is 15.0 Å². The quantitative estimate of drug-likeness (QED) is 0.746. The van der Waals surface area contributed by atoms with Crippen molar-refractivity contribution < 1.29 is 22.7 Å². The Morgan fingerprint density at radius 3 is 2.83 bits per heavy atom. The fourth-order valence-corrected chi connectivity index (χ4v) is 2.94. The molecular weight excluding hydrogens is 329 g/mol. The van der Waals surface area contributed by atoms with Gasteiger partial charge in [-0.2, -0.15) is 13.2 Å². The monoisotopic (exact) mass is 346 g/mol. The van der Waals surface area contributed by atoms with Gasteiger partial charge in [0, 0.05) is 19.4 Å². The summed E-state index contributed by atoms with van der Waals surface area (Å²) in [6.45, 7) is -1.09. The molecule has 0 aliphatic heterocycles. The Hall–Kier alpha value is -1.67. The van der Waals surface area contributed by atoms with Gasteiger partial charge in [-0.05, 0) is 18.6 Å². The van der Waals surface area contributed by atoms with Gasteiger partial charge >= 0.3 is 6.18 Å². The third-order valence-electron chi connectivity index (χ3n) is 2.97. The van der Waals surface area contributed by atoms with Gasteiger partial charge in [0.25, 0.3) is 0 Å². The Morgan fingerprint density at radius 1 is 1.30 bits per heavy atom. The van der Waals surface area contributed by atoms with E-state index >= 15 is 0 Å². The summed E-state index contributed by atoms with van der Waals surface area (Å²) in [7, 11) is 0. The molecule has 2 rings (SSSR count). The maximum atomic E-state index is 11.8. The van der Waals surface area contributed by atoms with Crippen LogP contribution in [0.5, 0.6) is 0 Å². The first-order chi connectivity index (χ1) is 10.9. The summed E-state index contributed by atoms with van der Waals surface area (Å²) in [5.41, 5.74) is 0.971. The summed E-state index contributed by atoms with van der Waals surface area (Å²) in [5.74, 6) is -0.309. The maximum absolute atomic E-state index is 11.8. The molecule has 1 aromatic carbocycles. The molecule has 0 aliphatic carbocycles. The van der Waals surface area contributed by atoms with Crippen molar-refractivity contribution in [3.8, 4) is 0 Å². The smallest absolute Gasteiger partial charge is 0.372 e. The van der Waals surface area contributed by atoms with Crippen LogP contribution in [0, 0.1) is 0 Å². The van der Waals surface area contributed by atoms with E-state index < -0.39 is 12.8 Å². The number of benzene rings is 1. The normalized spacial score (nSPS) is 11.8. The number of thiazole rings is 1. The van der Waals surface area contributed by atoms with Gasteiger partial charge in [-0.1, -0.05) is 12.1 Å². The minimum atomic E-state index is -4.35. The van der Waals surface area contributed by atoms with Crippen molar-refractivity contribution in [2.75, 3.05) is 19.8 Å². The zero-order valence-corrected chi connectivity index (χ0v) is 13.2. The average Bonchev–Trinajstić information content (AvgIpc) is 2.90. The number of hydrogen-bond acceptors (Lipinski definition) is 4. The molecule has 1 amide bonds. The molecule has 0 saturated carbocycles. The lowest BCUT2D eigenvalue weighted by molar-refractivity contribution is -0.174. The maximum Gasteiger partial charge on any atom is 0.411 e. The first-order valence-corrected chi connectivity index (χ1v) is 8.01. The van der Waals surface area contributed by atoms with Gasteiger partial charge in [0.2, 0.25) is 5.91 Å². The summed E-state index contributed by atoms with van der Waals surface area (Å²) < 4.78 is 41.0. The summed E-state index contributed by atoms with van der Waals surface area (Å²) in [6.07, 6.45) is -2.94. The lowest BCUT2D eigenvalue weighted by Crippen LogP contribution is -2.26. The van der Waals surface area contributed by atoms with Crippen molar-refractivity contribution in [3.05, 3.63) is 29.3 Å². The third kappa shape index (κ3) is 6.54. The van der Waals surface area contributed by atoms with E-state index in [1.165, 1.54) is 0 Å². The molecule has 0 bridgehead atoms. The van der Waals surface area contributed by atoms with E-state index in [1.54, 1.807) is 11.3 Å². The number of carbonyl (C=O) groups is 1. The Morgan fingerprint density at radius 2 is 2.09 bits per heavy atom. The number of aromatic nitrogens is 1. The largest absolute Gasteiger partial charge is 0.411 e. The number of fused-ring (bicyclic) bond motifs is 1. The van der Waals surface area contributed by atoms with Gasteiger partial charge in [-0.15, -0.1) is 11.3 Å². The second kappa shape index (κ2) is 8.26. The van der Waals surface area contributed by atoms with Gasteiger partial charge in [0.05, 0.1) is 21.8 Å². The second-order valence-corrected chi connectivity index (χ2v) is 6.06. The SMILES string of the molecule is O=C(CCOCC(F)(F)F)NCCCc1nc2ccccc2s1. The standard InChI is InChI=1S/C15H17F3N2O2S/c16-15(17,18)10-22-9-7-13(21)19-8-3-6-14-20-11-4-1-2-5-12(11)23-14/h1-2,4-5H,3,6-10H2,(H,19,21). The predicted octanol–water partition coefficient (Wildman–Crippen LogP) is 3.31. The Labute approximate surface area is 135 Å². The Balaban J connectivity index is 1.58. The van der Waals surface area contributed by atoms with Crippen LogP contribution in [0.3, 0.4) is 0 Å². The molecule has 8 heteroatoms. The van der Waals surface area contributed by atoms with Crippen molar-refractivity contribution in [1.82, 2.24) is 10.3 Å². The number of para-hydroxylation sites is 1. The Kier molecular flexibility index (Phi) is 6.35. The number of aryl methyl sites for hydroxylation is 1. The minimum Gasteiger partial charge on any atom is -0.372 e. The van der Waals surface area contributed by atoms with Gasteiger partial charge in [-0.3, -0.25) is 4.79 Å². The molecule has 4 nitrogen and oxygen atoms in total. The van der Waals surface area contributed by atoms with Crippen molar-refractivity contribution in [1.29, 1.82) is 0 Å².